The van der Waals surface area contributed by atoms with Crippen LogP contribution in [0.1, 0.15) is 12.5 Å². The molecule has 20 heavy (non-hydrogen) atoms. The van der Waals surface area contributed by atoms with Crippen molar-refractivity contribution >= 4 is 22.7 Å². The molecular formula is C12H12F2N2O3S. The Bertz CT molecular complexity index is 537. The molecule has 8 heteroatoms. The van der Waals surface area contributed by atoms with Gasteiger partial charge >= 0.3 is 6.61 Å². The van der Waals surface area contributed by atoms with E-state index in [2.05, 4.69) is 15.3 Å². The van der Waals surface area contributed by atoms with E-state index in [-0.39, 0.29) is 16.7 Å². The number of carbonyl (C=O) groups excluding carboxylic acids is 1. The van der Waals surface area contributed by atoms with Crippen LogP contribution < -0.4 is 14.9 Å². The Morgan fingerprint density at radius 3 is 2.90 bits per heavy atom. The van der Waals surface area contributed by atoms with E-state index < -0.39 is 6.61 Å². The Hall–Kier alpha value is -1.83. The van der Waals surface area contributed by atoms with Gasteiger partial charge in [-0.3, -0.25) is 4.79 Å². The fourth-order valence-electron chi connectivity index (χ4n) is 1.67. The van der Waals surface area contributed by atoms with E-state index in [0.29, 0.717) is 23.6 Å². The van der Waals surface area contributed by atoms with Gasteiger partial charge in [0.1, 0.15) is 0 Å². The number of thioether (sulfide) groups is 1. The summed E-state index contributed by atoms with van der Waals surface area (Å²) >= 11 is 1.04. The van der Waals surface area contributed by atoms with Crippen molar-refractivity contribution < 1.29 is 23.0 Å². The Balaban J connectivity index is 2.38. The van der Waals surface area contributed by atoms with Crippen LogP contribution in [0.4, 0.5) is 13.6 Å². The van der Waals surface area contributed by atoms with Crippen LogP contribution in [-0.2, 0) is 0 Å². The van der Waals surface area contributed by atoms with Crippen molar-refractivity contribution in [3.8, 4) is 11.5 Å². The number of benzene rings is 1. The first-order valence-corrected chi connectivity index (χ1v) is 6.80. The van der Waals surface area contributed by atoms with Crippen LogP contribution in [0.15, 0.2) is 23.3 Å². The highest BCUT2D eigenvalue weighted by Gasteiger charge is 2.21. The highest BCUT2D eigenvalue weighted by molar-refractivity contribution is 8.14. The molecule has 1 aromatic carbocycles. The van der Waals surface area contributed by atoms with E-state index in [1.807, 2.05) is 0 Å². The summed E-state index contributed by atoms with van der Waals surface area (Å²) < 4.78 is 34.6. The second-order valence-corrected chi connectivity index (χ2v) is 4.64. The summed E-state index contributed by atoms with van der Waals surface area (Å²) in [5.41, 5.74) is 3.39. The van der Waals surface area contributed by atoms with E-state index in [1.165, 1.54) is 6.07 Å². The lowest BCUT2D eigenvalue weighted by molar-refractivity contribution is -0.0514. The summed E-state index contributed by atoms with van der Waals surface area (Å²) in [5.74, 6) is 0.485. The number of hydrogen-bond acceptors (Lipinski definition) is 5. The second-order valence-electron chi connectivity index (χ2n) is 3.69. The van der Waals surface area contributed by atoms with E-state index in [0.717, 1.165) is 11.8 Å². The topological polar surface area (TPSA) is 59.9 Å². The molecule has 0 saturated carbocycles. The Morgan fingerprint density at radius 2 is 2.30 bits per heavy atom. The van der Waals surface area contributed by atoms with E-state index in [4.69, 9.17) is 4.74 Å². The third-order valence-corrected chi connectivity index (χ3v) is 3.19. The first kappa shape index (κ1) is 14.6. The van der Waals surface area contributed by atoms with Gasteiger partial charge in [0.25, 0.3) is 5.24 Å². The first-order chi connectivity index (χ1) is 9.61. The van der Waals surface area contributed by atoms with Gasteiger partial charge in [-0.25, -0.2) is 5.43 Å². The molecule has 1 aliphatic rings. The number of nitrogens with zero attached hydrogens (tertiary/aromatic N) is 1. The normalized spacial score (nSPS) is 14.8. The van der Waals surface area contributed by atoms with Gasteiger partial charge in [0, 0.05) is 11.3 Å². The Morgan fingerprint density at radius 1 is 1.50 bits per heavy atom. The smallest absolute Gasteiger partial charge is 0.387 e. The van der Waals surface area contributed by atoms with Crippen LogP contribution in [0, 0.1) is 0 Å². The van der Waals surface area contributed by atoms with Crippen LogP contribution in [0.2, 0.25) is 0 Å². The molecule has 0 radical (unpaired) electrons. The van der Waals surface area contributed by atoms with Crippen molar-refractivity contribution in [2.24, 2.45) is 5.10 Å². The van der Waals surface area contributed by atoms with Gasteiger partial charge in [-0.05, 0) is 19.1 Å². The number of ether oxygens (including phenoxy) is 2. The van der Waals surface area contributed by atoms with Crippen LogP contribution in [-0.4, -0.2) is 29.9 Å². The van der Waals surface area contributed by atoms with E-state index in [1.54, 1.807) is 19.1 Å². The van der Waals surface area contributed by atoms with Gasteiger partial charge in [-0.15, -0.1) is 0 Å². The minimum Gasteiger partial charge on any atom is -0.489 e. The number of halogens is 2. The average Bonchev–Trinajstić information content (AvgIpc) is 2.41. The molecule has 0 fully saturated rings. The number of para-hydroxylation sites is 1. The summed E-state index contributed by atoms with van der Waals surface area (Å²) in [6, 6.07) is 4.65. The lowest BCUT2D eigenvalue weighted by atomic mass is 10.1. The molecular weight excluding hydrogens is 290 g/mol. The molecule has 5 nitrogen and oxygen atoms in total. The predicted octanol–water partition coefficient (Wildman–Crippen LogP) is 2.85. The van der Waals surface area contributed by atoms with Crippen LogP contribution >= 0.6 is 11.8 Å². The molecule has 1 aromatic rings. The monoisotopic (exact) mass is 302 g/mol. The molecule has 0 atom stereocenters. The number of amides is 1. The molecule has 0 bridgehead atoms. The van der Waals surface area contributed by atoms with Gasteiger partial charge in [-0.2, -0.15) is 13.9 Å². The molecule has 1 N–H and O–H groups in total. The lowest BCUT2D eigenvalue weighted by Gasteiger charge is -2.17. The number of hydrogen-bond donors (Lipinski definition) is 1. The molecule has 1 heterocycles. The zero-order valence-corrected chi connectivity index (χ0v) is 11.4. The van der Waals surface area contributed by atoms with Crippen molar-refractivity contribution in [2.45, 2.75) is 13.5 Å². The van der Waals surface area contributed by atoms with Gasteiger partial charge in [0.05, 0.1) is 12.3 Å². The molecule has 0 spiro atoms. The maximum Gasteiger partial charge on any atom is 0.387 e. The van der Waals surface area contributed by atoms with Gasteiger partial charge in [-0.1, -0.05) is 17.8 Å². The fraction of sp³-hybridized carbons (Fsp3) is 0.333. The average molecular weight is 302 g/mol. The standard InChI is InChI=1S/C12H12F2N2O3S/c1-2-18-10-7(8-6-20-12(17)16-15-8)4-3-5-9(10)19-11(13)14/h3-5,11H,2,6H2,1H3,(H,16,17). The number of carbonyl (C=O) groups is 1. The number of rotatable bonds is 5. The minimum atomic E-state index is -2.94. The quantitative estimate of drug-likeness (QED) is 0.908. The molecule has 108 valence electrons. The SMILES string of the molecule is CCOc1c(OC(F)F)cccc1C1=NNC(=O)SC1. The third kappa shape index (κ3) is 3.38. The molecule has 1 amide bonds. The maximum absolute atomic E-state index is 12.4. The van der Waals surface area contributed by atoms with Gasteiger partial charge < -0.3 is 9.47 Å². The zero-order chi connectivity index (χ0) is 14.5. The highest BCUT2D eigenvalue weighted by Crippen LogP contribution is 2.34. The molecule has 0 unspecified atom stereocenters. The van der Waals surface area contributed by atoms with Crippen molar-refractivity contribution in [3.05, 3.63) is 23.8 Å². The molecule has 2 rings (SSSR count). The van der Waals surface area contributed by atoms with Crippen molar-refractivity contribution in [2.75, 3.05) is 12.4 Å². The van der Waals surface area contributed by atoms with E-state index in [9.17, 15) is 13.6 Å². The Kier molecular flexibility index (Phi) is 4.78. The minimum absolute atomic E-state index is 0.0519. The van der Waals surface area contributed by atoms with Crippen molar-refractivity contribution in [3.63, 3.8) is 0 Å². The van der Waals surface area contributed by atoms with Crippen LogP contribution in [0.3, 0.4) is 0 Å². The summed E-state index contributed by atoms with van der Waals surface area (Å²) in [6.07, 6.45) is 0. The Labute approximate surface area is 118 Å². The van der Waals surface area contributed by atoms with Crippen molar-refractivity contribution in [1.29, 1.82) is 0 Å². The summed E-state index contributed by atoms with van der Waals surface area (Å²) in [5, 5.41) is 3.66. The number of hydrazone groups is 1. The zero-order valence-electron chi connectivity index (χ0n) is 10.6. The fourth-order valence-corrected chi connectivity index (χ4v) is 2.27. The van der Waals surface area contributed by atoms with Gasteiger partial charge in [0.2, 0.25) is 0 Å². The number of nitrogens with one attached hydrogen (secondary N) is 1. The molecule has 1 aliphatic heterocycles. The largest absolute Gasteiger partial charge is 0.489 e. The molecule has 0 aliphatic carbocycles. The second kappa shape index (κ2) is 6.56. The number of alkyl halides is 2. The first-order valence-electron chi connectivity index (χ1n) is 5.82. The van der Waals surface area contributed by atoms with E-state index >= 15 is 0 Å². The summed E-state index contributed by atoms with van der Waals surface area (Å²) in [7, 11) is 0. The highest BCUT2D eigenvalue weighted by atomic mass is 32.2. The summed E-state index contributed by atoms with van der Waals surface area (Å²) in [6.45, 7) is -0.905. The molecule has 0 saturated heterocycles. The van der Waals surface area contributed by atoms with Gasteiger partial charge in [0.15, 0.2) is 11.5 Å². The summed E-state index contributed by atoms with van der Waals surface area (Å²) in [4.78, 5) is 11.1. The van der Waals surface area contributed by atoms with Crippen molar-refractivity contribution in [1.82, 2.24) is 5.43 Å². The molecule has 0 aromatic heterocycles. The van der Waals surface area contributed by atoms with Crippen LogP contribution in [0.5, 0.6) is 11.5 Å². The third-order valence-electron chi connectivity index (χ3n) is 2.42. The van der Waals surface area contributed by atoms with Crippen LogP contribution in [0.25, 0.3) is 0 Å². The predicted molar refractivity (Wildman–Crippen MR) is 71.8 cm³/mol. The maximum atomic E-state index is 12.4. The lowest BCUT2D eigenvalue weighted by Crippen LogP contribution is -2.24.